The predicted molar refractivity (Wildman–Crippen MR) is 100 cm³/mol. The maximum atomic E-state index is 12.3. The van der Waals surface area contributed by atoms with Crippen LogP contribution in [-0.2, 0) is 11.3 Å². The molecule has 0 bridgehead atoms. The van der Waals surface area contributed by atoms with Crippen LogP contribution in [0.4, 0.5) is 0 Å². The average Bonchev–Trinajstić information content (AvgIpc) is 3.12. The number of aryl methyl sites for hydroxylation is 1. The first-order valence-corrected chi connectivity index (χ1v) is 8.83. The van der Waals surface area contributed by atoms with E-state index in [-0.39, 0.29) is 12.4 Å². The summed E-state index contributed by atoms with van der Waals surface area (Å²) >= 11 is 5.81. The third-order valence-corrected chi connectivity index (χ3v) is 4.06. The first-order chi connectivity index (χ1) is 13.4. The highest BCUT2D eigenvalue weighted by atomic mass is 35.5. The molecular formula is C20H17ClN2O5. The molecule has 0 N–H and O–H groups in total. The Morgan fingerprint density at radius 1 is 1.07 bits per heavy atom. The summed E-state index contributed by atoms with van der Waals surface area (Å²) in [4.78, 5) is 28.6. The Bertz CT molecular complexity index is 967. The predicted octanol–water partition coefficient (Wildman–Crippen LogP) is 4.04. The Kier molecular flexibility index (Phi) is 6.06. The van der Waals surface area contributed by atoms with Crippen LogP contribution in [0.3, 0.4) is 0 Å². The second kappa shape index (κ2) is 8.67. The van der Waals surface area contributed by atoms with E-state index in [9.17, 15) is 9.59 Å². The number of Topliss-reactive ketones (excluding diaryl/α,β-unsaturated/α-hetero) is 1. The number of nitrogens with zero attached hydrogens (tertiary/aromatic N) is 2. The van der Waals surface area contributed by atoms with Gasteiger partial charge in [0, 0.05) is 17.5 Å². The van der Waals surface area contributed by atoms with Crippen molar-refractivity contribution in [2.45, 2.75) is 26.6 Å². The molecule has 1 aromatic heterocycles. The maximum absolute atomic E-state index is 12.3. The van der Waals surface area contributed by atoms with Crippen molar-refractivity contribution in [3.8, 4) is 5.75 Å². The molecule has 3 rings (SSSR count). The summed E-state index contributed by atoms with van der Waals surface area (Å²) in [5, 5.41) is 4.26. The second-order valence-corrected chi connectivity index (χ2v) is 6.40. The molecule has 0 amide bonds. The molecule has 0 radical (unpaired) electrons. The van der Waals surface area contributed by atoms with Gasteiger partial charge < -0.3 is 14.0 Å². The largest absolute Gasteiger partial charge is 0.485 e. The molecule has 0 aliphatic carbocycles. The molecule has 0 spiro atoms. The van der Waals surface area contributed by atoms with Crippen molar-refractivity contribution in [1.29, 1.82) is 0 Å². The molecule has 3 aromatic rings. The van der Waals surface area contributed by atoms with Crippen LogP contribution in [-0.4, -0.2) is 28.0 Å². The molecule has 0 aliphatic rings. The van der Waals surface area contributed by atoms with E-state index < -0.39 is 12.1 Å². The zero-order chi connectivity index (χ0) is 20.1. The highest BCUT2D eigenvalue weighted by Crippen LogP contribution is 2.16. The van der Waals surface area contributed by atoms with Crippen molar-refractivity contribution in [1.82, 2.24) is 10.1 Å². The normalized spacial score (nSPS) is 11.7. The van der Waals surface area contributed by atoms with E-state index in [2.05, 4.69) is 10.1 Å². The topological polar surface area (TPSA) is 91.5 Å². The van der Waals surface area contributed by atoms with Crippen molar-refractivity contribution in [3.63, 3.8) is 0 Å². The van der Waals surface area contributed by atoms with Gasteiger partial charge >= 0.3 is 5.97 Å². The molecule has 1 heterocycles. The minimum Gasteiger partial charge on any atom is -0.485 e. The van der Waals surface area contributed by atoms with E-state index in [0.717, 1.165) is 0 Å². The average molecular weight is 401 g/mol. The van der Waals surface area contributed by atoms with Gasteiger partial charge in [-0.25, -0.2) is 4.79 Å². The highest BCUT2D eigenvalue weighted by Gasteiger charge is 2.20. The molecule has 0 fully saturated rings. The number of carbonyl (C=O) groups is 2. The van der Waals surface area contributed by atoms with Crippen LogP contribution in [0.2, 0.25) is 5.02 Å². The lowest BCUT2D eigenvalue weighted by Crippen LogP contribution is -2.24. The van der Waals surface area contributed by atoms with Crippen LogP contribution in [0.1, 0.15) is 39.4 Å². The molecule has 28 heavy (non-hydrogen) atoms. The van der Waals surface area contributed by atoms with Crippen LogP contribution in [0, 0.1) is 6.92 Å². The van der Waals surface area contributed by atoms with Gasteiger partial charge in [-0.15, -0.1) is 0 Å². The lowest BCUT2D eigenvalue weighted by Gasteiger charge is -2.13. The molecule has 0 aliphatic heterocycles. The number of rotatable bonds is 7. The molecule has 8 heteroatoms. The number of hydrogen-bond donors (Lipinski definition) is 0. The van der Waals surface area contributed by atoms with Crippen LogP contribution in [0.25, 0.3) is 0 Å². The summed E-state index contributed by atoms with van der Waals surface area (Å²) in [6, 6.07) is 12.7. The molecule has 7 nitrogen and oxygen atoms in total. The molecule has 2 aromatic carbocycles. The first kappa shape index (κ1) is 19.6. The number of benzene rings is 2. The zero-order valence-corrected chi connectivity index (χ0v) is 16.0. The number of esters is 1. The van der Waals surface area contributed by atoms with E-state index in [1.165, 1.54) is 6.92 Å². The maximum Gasteiger partial charge on any atom is 0.338 e. The number of halogens is 1. The van der Waals surface area contributed by atoms with E-state index >= 15 is 0 Å². The standard InChI is InChI=1S/C20H17ClN2O5/c1-12(19(24)14-3-7-16(21)8-4-14)27-20(25)15-5-9-17(10-6-15)26-11-18-22-13(2)28-23-18/h3-10,12H,11H2,1-2H3. The van der Waals surface area contributed by atoms with Gasteiger partial charge in [-0.3, -0.25) is 4.79 Å². The SMILES string of the molecule is Cc1nc(COc2ccc(C(=O)OC(C)C(=O)c3ccc(Cl)cc3)cc2)no1. The monoisotopic (exact) mass is 400 g/mol. The van der Waals surface area contributed by atoms with Crippen LogP contribution < -0.4 is 4.74 Å². The van der Waals surface area contributed by atoms with Gasteiger partial charge in [-0.2, -0.15) is 4.98 Å². The zero-order valence-electron chi connectivity index (χ0n) is 15.2. The van der Waals surface area contributed by atoms with E-state index in [0.29, 0.717) is 33.6 Å². The van der Waals surface area contributed by atoms with Gasteiger partial charge in [0.15, 0.2) is 12.7 Å². The van der Waals surface area contributed by atoms with Gasteiger partial charge in [-0.05, 0) is 55.5 Å². The van der Waals surface area contributed by atoms with Crippen molar-refractivity contribution >= 4 is 23.4 Å². The molecule has 144 valence electrons. The van der Waals surface area contributed by atoms with Gasteiger partial charge in [0.25, 0.3) is 0 Å². The van der Waals surface area contributed by atoms with Gasteiger partial charge in [0.05, 0.1) is 5.56 Å². The number of ketones is 1. The van der Waals surface area contributed by atoms with E-state index in [4.69, 9.17) is 25.6 Å². The van der Waals surface area contributed by atoms with Crippen LogP contribution in [0.15, 0.2) is 53.1 Å². The summed E-state index contributed by atoms with van der Waals surface area (Å²) in [5.41, 5.74) is 0.726. The first-order valence-electron chi connectivity index (χ1n) is 8.45. The summed E-state index contributed by atoms with van der Waals surface area (Å²) in [6.07, 6.45) is -0.925. The summed E-state index contributed by atoms with van der Waals surface area (Å²) in [6.45, 7) is 3.36. The third kappa shape index (κ3) is 4.95. The third-order valence-electron chi connectivity index (χ3n) is 3.81. The Balaban J connectivity index is 1.56. The molecule has 1 unspecified atom stereocenters. The Hall–Kier alpha value is -3.19. The van der Waals surface area contributed by atoms with Gasteiger partial charge in [0.2, 0.25) is 17.5 Å². The highest BCUT2D eigenvalue weighted by molar-refractivity contribution is 6.30. The quantitative estimate of drug-likeness (QED) is 0.436. The summed E-state index contributed by atoms with van der Waals surface area (Å²) < 4.78 is 15.6. The minimum absolute atomic E-state index is 0.147. The number of carbonyl (C=O) groups excluding carboxylic acids is 2. The fourth-order valence-electron chi connectivity index (χ4n) is 2.37. The Labute approximate surface area is 166 Å². The van der Waals surface area contributed by atoms with Gasteiger partial charge in [-0.1, -0.05) is 16.8 Å². The van der Waals surface area contributed by atoms with Crippen molar-refractivity contribution in [3.05, 3.63) is 76.4 Å². The van der Waals surface area contributed by atoms with Crippen LogP contribution >= 0.6 is 11.6 Å². The summed E-state index contributed by atoms with van der Waals surface area (Å²) in [7, 11) is 0. The van der Waals surface area contributed by atoms with E-state index in [1.807, 2.05) is 0 Å². The smallest absolute Gasteiger partial charge is 0.338 e. The number of hydrogen-bond acceptors (Lipinski definition) is 7. The summed E-state index contributed by atoms with van der Waals surface area (Å²) in [5.74, 6) is 0.509. The van der Waals surface area contributed by atoms with Crippen LogP contribution in [0.5, 0.6) is 5.75 Å². The molecule has 0 saturated heterocycles. The fourth-order valence-corrected chi connectivity index (χ4v) is 2.49. The molecular weight excluding hydrogens is 384 g/mol. The lowest BCUT2D eigenvalue weighted by atomic mass is 10.1. The number of ether oxygens (including phenoxy) is 2. The Morgan fingerprint density at radius 3 is 2.32 bits per heavy atom. The molecule has 0 saturated carbocycles. The molecule has 1 atom stereocenters. The van der Waals surface area contributed by atoms with Gasteiger partial charge in [0.1, 0.15) is 5.75 Å². The minimum atomic E-state index is -0.925. The second-order valence-electron chi connectivity index (χ2n) is 5.96. The lowest BCUT2D eigenvalue weighted by molar-refractivity contribution is 0.0319. The van der Waals surface area contributed by atoms with Crippen molar-refractivity contribution < 1.29 is 23.6 Å². The Morgan fingerprint density at radius 2 is 1.71 bits per heavy atom. The van der Waals surface area contributed by atoms with Crippen molar-refractivity contribution in [2.24, 2.45) is 0 Å². The van der Waals surface area contributed by atoms with E-state index in [1.54, 1.807) is 55.5 Å². The fraction of sp³-hybridized carbons (Fsp3) is 0.200. The van der Waals surface area contributed by atoms with Crippen molar-refractivity contribution in [2.75, 3.05) is 0 Å². The number of aromatic nitrogens is 2.